The number of benzene rings is 4. The fraction of sp³-hybridized carbons (Fsp3) is 0.0769. The van der Waals surface area contributed by atoms with Gasteiger partial charge < -0.3 is 9.47 Å². The Kier molecular flexibility index (Phi) is 6.92. The van der Waals surface area contributed by atoms with Crippen LogP contribution in [0.4, 0.5) is 26.3 Å². The van der Waals surface area contributed by atoms with E-state index in [9.17, 15) is 34.8 Å². The maximum Gasteiger partial charge on any atom is 0.416 e. The smallest absolute Gasteiger partial charge is 0.416 e. The maximum atomic E-state index is 13.0. The molecule has 0 aliphatic rings. The summed E-state index contributed by atoms with van der Waals surface area (Å²) in [5, 5.41) is 0. The minimum atomic E-state index is -4.54. The first-order valence-corrected chi connectivity index (χ1v) is 12.0. The van der Waals surface area contributed by atoms with E-state index >= 15 is 0 Å². The van der Waals surface area contributed by atoms with E-state index in [4.69, 9.17) is 9.47 Å². The van der Waals surface area contributed by atoms with Crippen LogP contribution >= 0.6 is 0 Å². The quantitative estimate of drug-likeness (QED) is 0.233. The van der Waals surface area contributed by atoms with Crippen molar-refractivity contribution < 1.29 is 44.2 Å². The number of hydrogen-bond acceptors (Lipinski definition) is 4. The minimum absolute atomic E-state index is 0.0678. The van der Waals surface area contributed by atoms with Crippen LogP contribution in [0.2, 0.25) is 0 Å². The van der Waals surface area contributed by atoms with Crippen LogP contribution < -0.4 is 9.47 Å². The fourth-order valence-electron chi connectivity index (χ4n) is 3.25. The molecule has 0 amide bonds. The first kappa shape index (κ1) is 26.1. The topological polar surface area (TPSA) is 52.6 Å². The third kappa shape index (κ3) is 6.23. The molecule has 4 nitrogen and oxygen atoms in total. The second kappa shape index (κ2) is 9.81. The van der Waals surface area contributed by atoms with E-state index in [0.29, 0.717) is 0 Å². The molecular weight excluding hydrogens is 522 g/mol. The van der Waals surface area contributed by atoms with Gasteiger partial charge in [-0.25, -0.2) is 8.42 Å². The molecule has 192 valence electrons. The van der Waals surface area contributed by atoms with Crippen molar-refractivity contribution in [2.45, 2.75) is 22.1 Å². The summed E-state index contributed by atoms with van der Waals surface area (Å²) in [6.07, 6.45) is -9.07. The second-order valence-electron chi connectivity index (χ2n) is 7.70. The average Bonchev–Trinajstić information content (AvgIpc) is 2.84. The summed E-state index contributed by atoms with van der Waals surface area (Å²) in [4.78, 5) is -0.203. The number of rotatable bonds is 6. The lowest BCUT2D eigenvalue weighted by Gasteiger charge is -2.11. The Balaban J connectivity index is 1.48. The first-order valence-electron chi connectivity index (χ1n) is 10.5. The van der Waals surface area contributed by atoms with Gasteiger partial charge in [0.1, 0.15) is 23.0 Å². The largest absolute Gasteiger partial charge is 0.457 e. The average molecular weight is 538 g/mol. The zero-order chi connectivity index (χ0) is 26.8. The van der Waals surface area contributed by atoms with Crippen molar-refractivity contribution in [1.29, 1.82) is 0 Å². The van der Waals surface area contributed by atoms with Crippen LogP contribution in [0.25, 0.3) is 0 Å². The van der Waals surface area contributed by atoms with Crippen molar-refractivity contribution in [3.63, 3.8) is 0 Å². The molecule has 0 aromatic heterocycles. The molecule has 0 saturated heterocycles. The van der Waals surface area contributed by atoms with Crippen molar-refractivity contribution in [2.24, 2.45) is 0 Å². The molecule has 4 aromatic rings. The molecule has 0 heterocycles. The van der Waals surface area contributed by atoms with E-state index in [0.717, 1.165) is 24.3 Å². The molecule has 11 heteroatoms. The summed E-state index contributed by atoms with van der Waals surface area (Å²) in [6.45, 7) is 0. The van der Waals surface area contributed by atoms with Gasteiger partial charge in [0.05, 0.1) is 20.9 Å². The summed E-state index contributed by atoms with van der Waals surface area (Å²) in [7, 11) is -3.98. The van der Waals surface area contributed by atoms with E-state index in [2.05, 4.69) is 0 Å². The van der Waals surface area contributed by atoms with Gasteiger partial charge in [-0.15, -0.1) is 0 Å². The SMILES string of the molecule is O=S(=O)(c1ccc(Oc2cccc(C(F)(F)F)c2)cc1)c1ccc(Oc2cccc(C(F)(F)F)c2)cc1. The summed E-state index contributed by atoms with van der Waals surface area (Å²) in [5.74, 6) is 0.120. The Hall–Kier alpha value is -3.99. The van der Waals surface area contributed by atoms with Gasteiger partial charge in [-0.3, -0.25) is 0 Å². The monoisotopic (exact) mass is 538 g/mol. The van der Waals surface area contributed by atoms with Crippen molar-refractivity contribution in [3.8, 4) is 23.0 Å². The molecule has 0 saturated carbocycles. The zero-order valence-electron chi connectivity index (χ0n) is 18.5. The molecule has 0 atom stereocenters. The van der Waals surface area contributed by atoms with Gasteiger partial charge in [-0.05, 0) is 84.9 Å². The van der Waals surface area contributed by atoms with E-state index < -0.39 is 33.3 Å². The van der Waals surface area contributed by atoms with Gasteiger partial charge in [-0.1, -0.05) is 12.1 Å². The molecule has 0 radical (unpaired) electrons. The van der Waals surface area contributed by atoms with Crippen LogP contribution in [0, 0.1) is 0 Å². The number of sulfone groups is 1. The van der Waals surface area contributed by atoms with Crippen molar-refractivity contribution in [1.82, 2.24) is 0 Å². The zero-order valence-corrected chi connectivity index (χ0v) is 19.4. The number of ether oxygens (including phenoxy) is 2. The number of alkyl halides is 6. The highest BCUT2D eigenvalue weighted by atomic mass is 32.2. The lowest BCUT2D eigenvalue weighted by Crippen LogP contribution is -2.04. The summed E-state index contributed by atoms with van der Waals surface area (Å²) < 4.78 is 114. The highest BCUT2D eigenvalue weighted by Crippen LogP contribution is 2.35. The molecular formula is C26H16F6O4S. The molecule has 4 aromatic carbocycles. The Labute approximate surface area is 207 Å². The van der Waals surface area contributed by atoms with Crippen LogP contribution in [0.5, 0.6) is 23.0 Å². The molecule has 0 aliphatic carbocycles. The Morgan fingerprint density at radius 2 is 0.838 bits per heavy atom. The van der Waals surface area contributed by atoms with Gasteiger partial charge in [0.2, 0.25) is 9.84 Å². The van der Waals surface area contributed by atoms with E-state index in [1.54, 1.807) is 0 Å². The molecule has 0 bridgehead atoms. The van der Waals surface area contributed by atoms with Gasteiger partial charge in [0.15, 0.2) is 0 Å². The molecule has 0 fully saturated rings. The molecule has 0 N–H and O–H groups in total. The fourth-order valence-corrected chi connectivity index (χ4v) is 4.51. The Bertz CT molecular complexity index is 1390. The van der Waals surface area contributed by atoms with Crippen LogP contribution in [-0.2, 0) is 22.2 Å². The van der Waals surface area contributed by atoms with Crippen LogP contribution in [0.3, 0.4) is 0 Å². The minimum Gasteiger partial charge on any atom is -0.457 e. The predicted molar refractivity (Wildman–Crippen MR) is 121 cm³/mol. The summed E-state index contributed by atoms with van der Waals surface area (Å²) >= 11 is 0. The molecule has 0 spiro atoms. The van der Waals surface area contributed by atoms with E-state index in [-0.39, 0.29) is 32.8 Å². The Morgan fingerprint density at radius 1 is 0.486 bits per heavy atom. The van der Waals surface area contributed by atoms with E-state index in [1.165, 1.54) is 72.8 Å². The van der Waals surface area contributed by atoms with Crippen molar-refractivity contribution >= 4 is 9.84 Å². The third-order valence-corrected chi connectivity index (χ3v) is 6.85. The Morgan fingerprint density at radius 3 is 1.16 bits per heavy atom. The van der Waals surface area contributed by atoms with Crippen molar-refractivity contribution in [2.75, 3.05) is 0 Å². The third-order valence-electron chi connectivity index (χ3n) is 5.06. The lowest BCUT2D eigenvalue weighted by molar-refractivity contribution is -0.138. The second-order valence-corrected chi connectivity index (χ2v) is 9.65. The number of halogens is 6. The van der Waals surface area contributed by atoms with Crippen molar-refractivity contribution in [3.05, 3.63) is 108 Å². The first-order chi connectivity index (χ1) is 17.3. The van der Waals surface area contributed by atoms with Gasteiger partial charge in [0, 0.05) is 0 Å². The van der Waals surface area contributed by atoms with Gasteiger partial charge in [-0.2, -0.15) is 26.3 Å². The molecule has 37 heavy (non-hydrogen) atoms. The van der Waals surface area contributed by atoms with Crippen LogP contribution in [0.15, 0.2) is 107 Å². The highest BCUT2D eigenvalue weighted by molar-refractivity contribution is 7.91. The standard InChI is InChI=1S/C26H16F6O4S/c27-25(28,29)17-3-1-5-21(15-17)35-19-7-11-23(12-8-19)37(33,34)24-13-9-20(10-14-24)36-22-6-2-4-18(16-22)26(30,31)32/h1-16H. The normalized spacial score (nSPS) is 12.3. The summed E-state index contributed by atoms with van der Waals surface area (Å²) in [5.41, 5.74) is -1.77. The molecule has 0 aliphatic heterocycles. The van der Waals surface area contributed by atoms with Crippen LogP contribution in [-0.4, -0.2) is 8.42 Å². The molecule has 0 unspecified atom stereocenters. The van der Waals surface area contributed by atoms with Gasteiger partial charge in [0.25, 0.3) is 0 Å². The predicted octanol–water partition coefficient (Wildman–Crippen LogP) is 8.14. The van der Waals surface area contributed by atoms with Crippen LogP contribution in [0.1, 0.15) is 11.1 Å². The molecule has 4 rings (SSSR count). The van der Waals surface area contributed by atoms with E-state index in [1.807, 2.05) is 0 Å². The van der Waals surface area contributed by atoms with Gasteiger partial charge >= 0.3 is 12.4 Å². The number of hydrogen-bond donors (Lipinski definition) is 0. The lowest BCUT2D eigenvalue weighted by atomic mass is 10.2. The maximum absolute atomic E-state index is 13.0. The summed E-state index contributed by atoms with van der Waals surface area (Å²) in [6, 6.07) is 18.7. The highest BCUT2D eigenvalue weighted by Gasteiger charge is 2.31.